The van der Waals surface area contributed by atoms with E-state index in [2.05, 4.69) is 0 Å². The van der Waals surface area contributed by atoms with Crippen LogP contribution in [0.2, 0.25) is 0 Å². The molecule has 2 rings (SSSR count). The molecule has 0 bridgehead atoms. The maximum atomic E-state index is 10.4. The molecule has 19 heavy (non-hydrogen) atoms. The Kier molecular flexibility index (Phi) is 4.07. The van der Waals surface area contributed by atoms with Gasteiger partial charge in [0, 0.05) is 13.5 Å². The lowest BCUT2D eigenvalue weighted by atomic mass is 9.90. The molecular formula is C16H18O3. The predicted octanol–water partition coefficient (Wildman–Crippen LogP) is 3.46. The van der Waals surface area contributed by atoms with Crippen LogP contribution < -0.4 is 0 Å². The lowest BCUT2D eigenvalue weighted by molar-refractivity contribution is 0.0191. The Morgan fingerprint density at radius 2 is 2.00 bits per heavy atom. The molecule has 0 radical (unpaired) electrons. The quantitative estimate of drug-likeness (QED) is 0.840. The van der Waals surface area contributed by atoms with Crippen LogP contribution in [0.1, 0.15) is 12.0 Å². The maximum Gasteiger partial charge on any atom is 0.150 e. The summed E-state index contributed by atoms with van der Waals surface area (Å²) in [5.74, 6) is 0.942. The first kappa shape index (κ1) is 13.4. The van der Waals surface area contributed by atoms with Crippen LogP contribution >= 0.6 is 0 Å². The van der Waals surface area contributed by atoms with Gasteiger partial charge in [-0.15, -0.1) is 0 Å². The van der Waals surface area contributed by atoms with E-state index in [9.17, 15) is 5.11 Å². The molecule has 1 atom stereocenters. The molecule has 0 aliphatic heterocycles. The smallest absolute Gasteiger partial charge is 0.150 e. The van der Waals surface area contributed by atoms with Crippen molar-refractivity contribution in [3.8, 4) is 0 Å². The average molecular weight is 258 g/mol. The van der Waals surface area contributed by atoms with Crippen molar-refractivity contribution in [2.45, 2.75) is 12.0 Å². The molecule has 0 amide bonds. The first-order valence-electron chi connectivity index (χ1n) is 6.14. The molecule has 1 aromatic rings. The minimum atomic E-state index is -0.851. The van der Waals surface area contributed by atoms with Gasteiger partial charge in [0.2, 0.25) is 0 Å². The molecule has 0 aromatic heterocycles. The lowest BCUT2D eigenvalue weighted by Crippen LogP contribution is -2.33. The van der Waals surface area contributed by atoms with Gasteiger partial charge in [0.05, 0.1) is 12.9 Å². The second-order valence-electron chi connectivity index (χ2n) is 4.41. The van der Waals surface area contributed by atoms with Crippen molar-refractivity contribution >= 4 is 6.08 Å². The Bertz CT molecular complexity index is 514. The summed E-state index contributed by atoms with van der Waals surface area (Å²) in [6.45, 7) is 0. The summed E-state index contributed by atoms with van der Waals surface area (Å²) in [5.41, 5.74) is 0.0778. The third-order valence-corrected chi connectivity index (χ3v) is 3.25. The zero-order valence-electron chi connectivity index (χ0n) is 11.2. The van der Waals surface area contributed by atoms with Gasteiger partial charge in [-0.3, -0.25) is 0 Å². The summed E-state index contributed by atoms with van der Waals surface area (Å²) in [7, 11) is 3.20. The largest absolute Gasteiger partial charge is 0.509 e. The second kappa shape index (κ2) is 5.76. The fourth-order valence-corrected chi connectivity index (χ4v) is 2.08. The zero-order valence-corrected chi connectivity index (χ0v) is 11.2. The van der Waals surface area contributed by atoms with Gasteiger partial charge >= 0.3 is 0 Å². The van der Waals surface area contributed by atoms with Gasteiger partial charge in [-0.2, -0.15) is 0 Å². The third kappa shape index (κ3) is 2.88. The number of ether oxygens (including phenoxy) is 2. The molecular weight excluding hydrogens is 240 g/mol. The first-order chi connectivity index (χ1) is 9.20. The van der Waals surface area contributed by atoms with E-state index in [1.807, 2.05) is 48.6 Å². The van der Waals surface area contributed by atoms with Crippen molar-refractivity contribution in [2.24, 2.45) is 0 Å². The topological polar surface area (TPSA) is 38.7 Å². The standard InChI is InChI=1S/C16H18O3/c1-18-14-9-6-10-16(12-14,19-2)15(17)11-13-7-4-3-5-8-13/h3-11,17H,12H2,1-2H3/b15-11-. The highest BCUT2D eigenvalue weighted by molar-refractivity contribution is 5.54. The monoisotopic (exact) mass is 258 g/mol. The molecule has 0 heterocycles. The summed E-state index contributed by atoms with van der Waals surface area (Å²) in [5, 5.41) is 10.4. The van der Waals surface area contributed by atoms with Crippen LogP contribution in [0.5, 0.6) is 0 Å². The normalized spacial score (nSPS) is 23.1. The average Bonchev–Trinajstić information content (AvgIpc) is 2.48. The van der Waals surface area contributed by atoms with Gasteiger partial charge in [-0.1, -0.05) is 36.4 Å². The molecule has 0 saturated heterocycles. The van der Waals surface area contributed by atoms with Crippen LogP contribution in [-0.2, 0) is 9.47 Å². The highest BCUT2D eigenvalue weighted by Crippen LogP contribution is 2.33. The molecule has 1 aromatic carbocycles. The molecule has 1 N–H and O–H groups in total. The molecule has 0 fully saturated rings. The van der Waals surface area contributed by atoms with Crippen molar-refractivity contribution in [1.29, 1.82) is 0 Å². The highest BCUT2D eigenvalue weighted by atomic mass is 16.5. The number of hydrogen-bond donors (Lipinski definition) is 1. The Morgan fingerprint density at radius 1 is 1.26 bits per heavy atom. The van der Waals surface area contributed by atoms with Crippen LogP contribution in [0.4, 0.5) is 0 Å². The Balaban J connectivity index is 2.30. The minimum Gasteiger partial charge on any atom is -0.509 e. The molecule has 0 spiro atoms. The van der Waals surface area contributed by atoms with Gasteiger partial charge in [-0.05, 0) is 23.8 Å². The first-order valence-corrected chi connectivity index (χ1v) is 6.14. The predicted molar refractivity (Wildman–Crippen MR) is 75.6 cm³/mol. The second-order valence-corrected chi connectivity index (χ2v) is 4.41. The van der Waals surface area contributed by atoms with E-state index in [1.165, 1.54) is 0 Å². The highest BCUT2D eigenvalue weighted by Gasteiger charge is 2.35. The van der Waals surface area contributed by atoms with Crippen molar-refractivity contribution in [1.82, 2.24) is 0 Å². The fraction of sp³-hybridized carbons (Fsp3) is 0.250. The number of benzene rings is 1. The van der Waals surface area contributed by atoms with Crippen LogP contribution in [0.25, 0.3) is 6.08 Å². The van der Waals surface area contributed by atoms with Crippen LogP contribution in [0, 0.1) is 0 Å². The Hall–Kier alpha value is -2.00. The number of aliphatic hydroxyl groups is 1. The van der Waals surface area contributed by atoms with Crippen LogP contribution in [0.3, 0.4) is 0 Å². The maximum absolute atomic E-state index is 10.4. The molecule has 1 aliphatic rings. The molecule has 3 nitrogen and oxygen atoms in total. The van der Waals surface area contributed by atoms with E-state index >= 15 is 0 Å². The van der Waals surface area contributed by atoms with Gasteiger partial charge in [0.1, 0.15) is 11.4 Å². The third-order valence-electron chi connectivity index (χ3n) is 3.25. The number of allylic oxidation sites excluding steroid dienone is 2. The van der Waals surface area contributed by atoms with Crippen molar-refractivity contribution < 1.29 is 14.6 Å². The van der Waals surface area contributed by atoms with Crippen LogP contribution in [0.15, 0.2) is 60.1 Å². The number of methoxy groups -OCH3 is 2. The number of hydrogen-bond acceptors (Lipinski definition) is 3. The van der Waals surface area contributed by atoms with E-state index in [-0.39, 0.29) is 5.76 Å². The molecule has 3 heteroatoms. The summed E-state index contributed by atoms with van der Waals surface area (Å²) in [6.07, 6.45) is 7.73. The Labute approximate surface area is 113 Å². The fourth-order valence-electron chi connectivity index (χ4n) is 2.08. The van der Waals surface area contributed by atoms with E-state index in [0.717, 1.165) is 11.3 Å². The summed E-state index contributed by atoms with van der Waals surface area (Å²) in [6, 6.07) is 9.65. The van der Waals surface area contributed by atoms with Crippen LogP contribution in [-0.4, -0.2) is 24.9 Å². The molecule has 1 unspecified atom stereocenters. The van der Waals surface area contributed by atoms with Gasteiger partial charge < -0.3 is 14.6 Å². The lowest BCUT2D eigenvalue weighted by Gasteiger charge is -2.31. The molecule has 0 saturated carbocycles. The molecule has 100 valence electrons. The molecule has 1 aliphatic carbocycles. The van der Waals surface area contributed by atoms with Crippen molar-refractivity contribution in [3.05, 3.63) is 65.6 Å². The summed E-state index contributed by atoms with van der Waals surface area (Å²) < 4.78 is 10.8. The number of aliphatic hydroxyl groups excluding tert-OH is 1. The van der Waals surface area contributed by atoms with E-state index in [0.29, 0.717) is 6.42 Å². The number of rotatable bonds is 4. The summed E-state index contributed by atoms with van der Waals surface area (Å²) >= 11 is 0. The van der Waals surface area contributed by atoms with E-state index < -0.39 is 5.60 Å². The van der Waals surface area contributed by atoms with Gasteiger partial charge in [-0.25, -0.2) is 0 Å². The van der Waals surface area contributed by atoms with Crippen molar-refractivity contribution in [3.63, 3.8) is 0 Å². The van der Waals surface area contributed by atoms with Gasteiger partial charge in [0.15, 0.2) is 0 Å². The minimum absolute atomic E-state index is 0.167. The Morgan fingerprint density at radius 3 is 2.63 bits per heavy atom. The van der Waals surface area contributed by atoms with E-state index in [1.54, 1.807) is 20.3 Å². The van der Waals surface area contributed by atoms with E-state index in [4.69, 9.17) is 9.47 Å². The summed E-state index contributed by atoms with van der Waals surface area (Å²) in [4.78, 5) is 0. The SMILES string of the molecule is COC1=CC=CC(OC)(/C(O)=C/c2ccccc2)C1. The zero-order chi connectivity index (χ0) is 13.7. The van der Waals surface area contributed by atoms with Gasteiger partial charge in [0.25, 0.3) is 0 Å². The van der Waals surface area contributed by atoms with Crippen molar-refractivity contribution in [2.75, 3.05) is 14.2 Å².